The normalized spacial score (nSPS) is 16.3. The maximum absolute atomic E-state index is 13.3. The second-order valence-electron chi connectivity index (χ2n) is 7.90. The first-order valence-electron chi connectivity index (χ1n) is 11.0. The lowest BCUT2D eigenvalue weighted by Crippen LogP contribution is -2.46. The molecule has 1 aliphatic rings. The van der Waals surface area contributed by atoms with Gasteiger partial charge >= 0.3 is 6.03 Å². The number of urea groups is 1. The van der Waals surface area contributed by atoms with Crippen molar-refractivity contribution in [1.29, 1.82) is 0 Å². The van der Waals surface area contributed by atoms with E-state index in [2.05, 4.69) is 34.5 Å². The maximum atomic E-state index is 13.3. The van der Waals surface area contributed by atoms with Gasteiger partial charge in [0.05, 0.1) is 11.6 Å². The zero-order valence-electron chi connectivity index (χ0n) is 19.0. The molecule has 1 aromatic heterocycles. The smallest absolute Gasteiger partial charge is 0.322 e. The van der Waals surface area contributed by atoms with Crippen molar-refractivity contribution in [2.45, 2.75) is 32.7 Å². The number of aryl methyl sites for hydroxylation is 1. The van der Waals surface area contributed by atoms with E-state index in [4.69, 9.17) is 9.26 Å². The molecule has 0 fully saturated rings. The summed E-state index contributed by atoms with van der Waals surface area (Å²) in [6.45, 7) is 5.02. The Kier molecular flexibility index (Phi) is 6.84. The predicted octanol–water partition coefficient (Wildman–Crippen LogP) is 4.97. The van der Waals surface area contributed by atoms with Gasteiger partial charge in [0.2, 0.25) is 5.82 Å². The summed E-state index contributed by atoms with van der Waals surface area (Å²) in [5.74, 6) is 0.333. The minimum Gasteiger partial charge on any atom is -0.385 e. The molecule has 2 amide bonds. The van der Waals surface area contributed by atoms with Crippen molar-refractivity contribution >= 4 is 11.6 Å². The number of carbonyl (C=O) groups is 1. The maximum Gasteiger partial charge on any atom is 0.322 e. The van der Waals surface area contributed by atoms with Crippen molar-refractivity contribution in [3.05, 3.63) is 77.1 Å². The van der Waals surface area contributed by atoms with E-state index in [1.807, 2.05) is 19.1 Å². The van der Waals surface area contributed by atoms with E-state index < -0.39 is 6.04 Å². The number of ether oxygens (including phenoxy) is 1. The molecule has 2 heterocycles. The molecule has 1 N–H and O–H groups in total. The van der Waals surface area contributed by atoms with Crippen LogP contribution in [0.3, 0.4) is 0 Å². The van der Waals surface area contributed by atoms with Crippen LogP contribution in [-0.4, -0.2) is 41.3 Å². The number of hydrogen-bond donors (Lipinski definition) is 1. The van der Waals surface area contributed by atoms with Crippen LogP contribution in [0, 0.1) is 5.82 Å². The number of nitrogens with zero attached hydrogens (tertiary/aromatic N) is 3. The van der Waals surface area contributed by atoms with Crippen LogP contribution in [-0.2, 0) is 11.2 Å². The van der Waals surface area contributed by atoms with Gasteiger partial charge < -0.3 is 14.6 Å². The number of benzene rings is 2. The van der Waals surface area contributed by atoms with Crippen LogP contribution >= 0.6 is 0 Å². The molecule has 0 aliphatic carbocycles. The molecule has 0 bridgehead atoms. The molecule has 0 radical (unpaired) electrons. The summed E-state index contributed by atoms with van der Waals surface area (Å²) < 4.78 is 24.1. The number of hydrogen-bond acceptors (Lipinski definition) is 5. The lowest BCUT2D eigenvalue weighted by molar-refractivity contribution is 0.174. The molecule has 8 heteroatoms. The summed E-state index contributed by atoms with van der Waals surface area (Å²) in [4.78, 5) is 19.2. The van der Waals surface area contributed by atoms with Gasteiger partial charge in [0, 0.05) is 31.5 Å². The molecule has 3 aromatic rings. The first kappa shape index (κ1) is 22.7. The number of rotatable bonds is 8. The zero-order valence-corrected chi connectivity index (χ0v) is 19.0. The molecule has 7 nitrogen and oxygen atoms in total. The van der Waals surface area contributed by atoms with Crippen LogP contribution < -0.4 is 5.32 Å². The third-order valence-corrected chi connectivity index (χ3v) is 5.81. The van der Waals surface area contributed by atoms with Crippen LogP contribution in [0.4, 0.5) is 9.18 Å². The zero-order chi connectivity index (χ0) is 23.4. The lowest BCUT2D eigenvalue weighted by Gasteiger charge is -2.35. The molecule has 1 atom stereocenters. The topological polar surface area (TPSA) is 80.5 Å². The fourth-order valence-electron chi connectivity index (χ4n) is 3.94. The van der Waals surface area contributed by atoms with Crippen LogP contribution in [0.25, 0.3) is 17.0 Å². The Morgan fingerprint density at radius 2 is 1.88 bits per heavy atom. The van der Waals surface area contributed by atoms with Crippen molar-refractivity contribution in [2.75, 3.05) is 20.3 Å². The second-order valence-corrected chi connectivity index (χ2v) is 7.90. The van der Waals surface area contributed by atoms with Crippen molar-refractivity contribution in [1.82, 2.24) is 20.4 Å². The Morgan fingerprint density at radius 3 is 2.55 bits per heavy atom. The SMILES string of the molecule is CCc1ccc(C2NC(=O)N(CCCOC)C(C)=C2c2nc(-c3ccc(F)cc3)no2)cc1. The molecule has 1 aliphatic heterocycles. The van der Waals surface area contributed by atoms with Crippen molar-refractivity contribution in [2.24, 2.45) is 0 Å². The Hall–Kier alpha value is -3.52. The standard InChI is InChI=1S/C25H27FN4O3/c1-4-17-6-8-18(9-7-17)22-21(16(2)30(25(31)27-22)14-5-15-32-3)24-28-23(29-33-24)19-10-12-20(26)13-11-19/h6-13,22H,4-5,14-15H2,1-3H3,(H,27,31). The van der Waals surface area contributed by atoms with Gasteiger partial charge in [-0.05, 0) is 55.2 Å². The van der Waals surface area contributed by atoms with Gasteiger partial charge in [-0.1, -0.05) is 36.3 Å². The largest absolute Gasteiger partial charge is 0.385 e. The van der Waals surface area contributed by atoms with Crippen molar-refractivity contribution in [3.63, 3.8) is 0 Å². The Bertz CT molecular complexity index is 1140. The number of carbonyl (C=O) groups excluding carboxylic acids is 1. The number of methoxy groups -OCH3 is 1. The van der Waals surface area contributed by atoms with Crippen molar-refractivity contribution in [3.8, 4) is 11.4 Å². The third kappa shape index (κ3) is 4.80. The van der Waals surface area contributed by atoms with E-state index in [0.29, 0.717) is 36.9 Å². The van der Waals surface area contributed by atoms with Gasteiger partial charge in [0.25, 0.3) is 5.89 Å². The summed E-state index contributed by atoms with van der Waals surface area (Å²) in [5.41, 5.74) is 4.25. The number of nitrogens with one attached hydrogen (secondary N) is 1. The molecular weight excluding hydrogens is 423 g/mol. The van der Waals surface area contributed by atoms with Crippen LogP contribution in [0.15, 0.2) is 58.8 Å². The Labute approximate surface area is 192 Å². The molecule has 33 heavy (non-hydrogen) atoms. The number of halogens is 1. The molecule has 2 aromatic carbocycles. The van der Waals surface area contributed by atoms with Gasteiger partial charge in [-0.25, -0.2) is 9.18 Å². The highest BCUT2D eigenvalue weighted by atomic mass is 19.1. The highest BCUT2D eigenvalue weighted by Gasteiger charge is 2.35. The minimum atomic E-state index is -0.441. The van der Waals surface area contributed by atoms with Gasteiger partial charge in [0.1, 0.15) is 5.82 Å². The van der Waals surface area contributed by atoms with E-state index >= 15 is 0 Å². The molecule has 4 rings (SSSR count). The van der Waals surface area contributed by atoms with Gasteiger partial charge in [-0.3, -0.25) is 4.90 Å². The number of amides is 2. The lowest BCUT2D eigenvalue weighted by atomic mass is 9.93. The molecule has 0 spiro atoms. The second kappa shape index (κ2) is 9.95. The summed E-state index contributed by atoms with van der Waals surface area (Å²) >= 11 is 0. The highest BCUT2D eigenvalue weighted by Crippen LogP contribution is 2.37. The van der Waals surface area contributed by atoms with Crippen molar-refractivity contribution < 1.29 is 18.4 Å². The molecule has 0 saturated carbocycles. The van der Waals surface area contributed by atoms with Gasteiger partial charge in [-0.2, -0.15) is 4.98 Å². The van der Waals surface area contributed by atoms with Crippen LogP contribution in [0.5, 0.6) is 0 Å². The summed E-state index contributed by atoms with van der Waals surface area (Å²) in [6.07, 6.45) is 1.62. The minimum absolute atomic E-state index is 0.185. The average Bonchev–Trinajstić information content (AvgIpc) is 3.31. The van der Waals surface area contributed by atoms with E-state index in [1.54, 1.807) is 24.1 Å². The first-order valence-corrected chi connectivity index (χ1v) is 11.0. The molecule has 172 valence electrons. The fourth-order valence-corrected chi connectivity index (χ4v) is 3.94. The van der Waals surface area contributed by atoms with Crippen LogP contribution in [0.2, 0.25) is 0 Å². The highest BCUT2D eigenvalue weighted by molar-refractivity contribution is 5.86. The fraction of sp³-hybridized carbons (Fsp3) is 0.320. The van der Waals surface area contributed by atoms with E-state index in [9.17, 15) is 9.18 Å². The van der Waals surface area contributed by atoms with E-state index in [1.165, 1.54) is 17.7 Å². The summed E-state index contributed by atoms with van der Waals surface area (Å²) in [7, 11) is 1.63. The average molecular weight is 451 g/mol. The Morgan fingerprint density at radius 1 is 1.15 bits per heavy atom. The molecule has 0 saturated heterocycles. The van der Waals surface area contributed by atoms with Crippen LogP contribution in [0.1, 0.15) is 43.3 Å². The molecular formula is C25H27FN4O3. The monoisotopic (exact) mass is 450 g/mol. The third-order valence-electron chi connectivity index (χ3n) is 5.81. The quantitative estimate of drug-likeness (QED) is 0.490. The number of aromatic nitrogens is 2. The Balaban J connectivity index is 1.75. The summed E-state index contributed by atoms with van der Waals surface area (Å²) in [6, 6.07) is 13.4. The predicted molar refractivity (Wildman–Crippen MR) is 123 cm³/mol. The van der Waals surface area contributed by atoms with E-state index in [0.717, 1.165) is 23.3 Å². The van der Waals surface area contributed by atoms with Gasteiger partial charge in [-0.15, -0.1) is 0 Å². The summed E-state index contributed by atoms with van der Waals surface area (Å²) in [5, 5.41) is 7.20. The first-order chi connectivity index (χ1) is 16.0. The molecule has 1 unspecified atom stereocenters. The number of allylic oxidation sites excluding steroid dienone is 1. The van der Waals surface area contributed by atoms with E-state index in [-0.39, 0.29) is 11.8 Å². The van der Waals surface area contributed by atoms with Gasteiger partial charge in [0.15, 0.2) is 0 Å².